The van der Waals surface area contributed by atoms with Crippen LogP contribution in [0.1, 0.15) is 29.3 Å². The number of benzene rings is 2. The topological polar surface area (TPSA) is 66.5 Å². The lowest BCUT2D eigenvalue weighted by Gasteiger charge is -2.18. The number of fused-ring (bicyclic) bond motifs is 5. The smallest absolute Gasteiger partial charge is 0.255 e. The molecule has 1 N–H and O–H groups in total. The second-order valence-electron chi connectivity index (χ2n) is 8.03. The first-order valence-electron chi connectivity index (χ1n) is 10.1. The molecule has 146 valence electrons. The van der Waals surface area contributed by atoms with E-state index in [1.54, 1.807) is 24.3 Å². The van der Waals surface area contributed by atoms with Crippen molar-refractivity contribution in [3.05, 3.63) is 71.8 Å². The maximum Gasteiger partial charge on any atom is 0.255 e. The lowest BCUT2D eigenvalue weighted by atomic mass is 9.85. The van der Waals surface area contributed by atoms with E-state index in [0.29, 0.717) is 11.3 Å². The number of nitrogens with one attached hydrogen (secondary N) is 1. The number of allylic oxidation sites excluding steroid dienone is 2. The third-order valence-electron chi connectivity index (χ3n) is 6.48. The minimum atomic E-state index is -0.256. The van der Waals surface area contributed by atoms with Gasteiger partial charge < -0.3 is 5.32 Å². The van der Waals surface area contributed by atoms with E-state index < -0.39 is 0 Å². The van der Waals surface area contributed by atoms with E-state index in [4.69, 9.17) is 0 Å². The number of para-hydroxylation sites is 1. The molecule has 2 bridgehead atoms. The van der Waals surface area contributed by atoms with Gasteiger partial charge in [0.1, 0.15) is 0 Å². The second kappa shape index (κ2) is 6.69. The maximum absolute atomic E-state index is 13.0. The molecular formula is C24H22N2O3. The van der Waals surface area contributed by atoms with Gasteiger partial charge in [0.05, 0.1) is 17.5 Å². The number of imide groups is 1. The zero-order valence-corrected chi connectivity index (χ0v) is 16.2. The van der Waals surface area contributed by atoms with E-state index in [0.717, 1.165) is 24.1 Å². The average molecular weight is 386 g/mol. The molecule has 4 atom stereocenters. The monoisotopic (exact) mass is 386 g/mol. The minimum Gasteiger partial charge on any atom is -0.322 e. The van der Waals surface area contributed by atoms with E-state index in [1.165, 1.54) is 4.90 Å². The summed E-state index contributed by atoms with van der Waals surface area (Å²) in [5.41, 5.74) is 2.73. The first-order chi connectivity index (χ1) is 14.1. The van der Waals surface area contributed by atoms with Crippen LogP contribution in [0.4, 0.5) is 11.4 Å². The van der Waals surface area contributed by atoms with E-state index >= 15 is 0 Å². The van der Waals surface area contributed by atoms with E-state index in [9.17, 15) is 14.4 Å². The van der Waals surface area contributed by atoms with Crippen molar-refractivity contribution >= 4 is 29.1 Å². The number of carbonyl (C=O) groups excluding carboxylic acids is 3. The fourth-order valence-electron chi connectivity index (χ4n) is 5.09. The highest BCUT2D eigenvalue weighted by Crippen LogP contribution is 2.53. The van der Waals surface area contributed by atoms with Crippen LogP contribution < -0.4 is 10.2 Å². The summed E-state index contributed by atoms with van der Waals surface area (Å²) < 4.78 is 0. The van der Waals surface area contributed by atoms with Crippen molar-refractivity contribution in [1.29, 1.82) is 0 Å². The molecule has 5 rings (SSSR count). The van der Waals surface area contributed by atoms with Gasteiger partial charge in [-0.1, -0.05) is 43.3 Å². The summed E-state index contributed by atoms with van der Waals surface area (Å²) in [6.07, 6.45) is 5.87. The molecule has 2 aliphatic carbocycles. The predicted molar refractivity (Wildman–Crippen MR) is 110 cm³/mol. The molecule has 2 aromatic rings. The Morgan fingerprint density at radius 3 is 2.38 bits per heavy atom. The Balaban J connectivity index is 1.41. The summed E-state index contributed by atoms with van der Waals surface area (Å²) >= 11 is 0. The van der Waals surface area contributed by atoms with Crippen LogP contribution in [0.15, 0.2) is 60.7 Å². The highest BCUT2D eigenvalue weighted by molar-refractivity contribution is 6.23. The second-order valence-corrected chi connectivity index (χ2v) is 8.03. The summed E-state index contributed by atoms with van der Waals surface area (Å²) in [6.45, 7) is 2.04. The Kier molecular flexibility index (Phi) is 4.12. The highest BCUT2D eigenvalue weighted by atomic mass is 16.2. The molecule has 5 heteroatoms. The van der Waals surface area contributed by atoms with E-state index in [2.05, 4.69) is 17.5 Å². The normalized spacial score (nSPS) is 26.9. The Morgan fingerprint density at radius 2 is 1.69 bits per heavy atom. The van der Waals surface area contributed by atoms with Crippen molar-refractivity contribution in [2.75, 3.05) is 10.2 Å². The van der Waals surface area contributed by atoms with Gasteiger partial charge in [0.2, 0.25) is 11.8 Å². The van der Waals surface area contributed by atoms with Crippen LogP contribution in [0.5, 0.6) is 0 Å². The largest absolute Gasteiger partial charge is 0.322 e. The number of hydrogen-bond donors (Lipinski definition) is 1. The van der Waals surface area contributed by atoms with Gasteiger partial charge in [-0.3, -0.25) is 14.4 Å². The van der Waals surface area contributed by atoms with Gasteiger partial charge in [-0.2, -0.15) is 0 Å². The average Bonchev–Trinajstić information content (AvgIpc) is 3.42. The molecule has 0 aromatic heterocycles. The van der Waals surface area contributed by atoms with Crippen molar-refractivity contribution in [2.45, 2.75) is 19.8 Å². The van der Waals surface area contributed by atoms with E-state index in [-0.39, 0.29) is 41.4 Å². The predicted octanol–water partition coefficient (Wildman–Crippen LogP) is 3.81. The molecule has 0 unspecified atom stereocenters. The van der Waals surface area contributed by atoms with Gasteiger partial charge in [0, 0.05) is 11.3 Å². The molecule has 1 saturated carbocycles. The Labute approximate surface area is 169 Å². The summed E-state index contributed by atoms with van der Waals surface area (Å²) in [5, 5.41) is 2.94. The van der Waals surface area contributed by atoms with Gasteiger partial charge >= 0.3 is 0 Å². The first kappa shape index (κ1) is 17.9. The standard InChI is InChI=1S/C24H22N2O3/c1-2-14-6-3-4-9-19(14)25-22(27)17-7-5-8-18(13-17)26-23(28)20-15-10-11-16(12-15)21(20)24(26)29/h3-11,13,15-16,20-21H,2,12H2,1H3,(H,25,27)/t15-,16-,20-,21+/m0/s1. The maximum atomic E-state index is 13.0. The van der Waals surface area contributed by atoms with Gasteiger partial charge in [-0.15, -0.1) is 0 Å². The van der Waals surface area contributed by atoms with Crippen molar-refractivity contribution in [2.24, 2.45) is 23.7 Å². The summed E-state index contributed by atoms with van der Waals surface area (Å²) in [5.74, 6) is -0.671. The van der Waals surface area contributed by atoms with Crippen LogP contribution in [0, 0.1) is 23.7 Å². The van der Waals surface area contributed by atoms with E-state index in [1.807, 2.05) is 31.2 Å². The molecule has 1 heterocycles. The zero-order chi connectivity index (χ0) is 20.1. The van der Waals surface area contributed by atoms with Gasteiger partial charge in [-0.05, 0) is 54.5 Å². The summed E-state index contributed by atoms with van der Waals surface area (Å²) in [7, 11) is 0. The molecule has 0 spiro atoms. The van der Waals surface area contributed by atoms with Crippen LogP contribution in [-0.2, 0) is 16.0 Å². The molecule has 3 aliphatic rings. The number of carbonyl (C=O) groups is 3. The molecular weight excluding hydrogens is 364 g/mol. The SMILES string of the molecule is CCc1ccccc1NC(=O)c1cccc(N2C(=O)[C@@H]3[C@H](C2=O)[C@H]2C=C[C@H]3C2)c1. The minimum absolute atomic E-state index is 0.134. The molecule has 0 radical (unpaired) electrons. The third kappa shape index (κ3) is 2.72. The third-order valence-corrected chi connectivity index (χ3v) is 6.48. The lowest BCUT2D eigenvalue weighted by Crippen LogP contribution is -2.33. The fourth-order valence-corrected chi connectivity index (χ4v) is 5.09. The number of hydrogen-bond acceptors (Lipinski definition) is 3. The Morgan fingerprint density at radius 1 is 1.00 bits per heavy atom. The molecule has 2 aromatic carbocycles. The first-order valence-corrected chi connectivity index (χ1v) is 10.1. The number of nitrogens with zero attached hydrogens (tertiary/aromatic N) is 1. The Bertz CT molecular complexity index is 1030. The highest BCUT2D eigenvalue weighted by Gasteiger charge is 2.59. The van der Waals surface area contributed by atoms with Crippen molar-refractivity contribution in [1.82, 2.24) is 0 Å². The number of aryl methyl sites for hydroxylation is 1. The van der Waals surface area contributed by atoms with Crippen molar-refractivity contribution in [3.8, 4) is 0 Å². The van der Waals surface area contributed by atoms with Gasteiger partial charge in [0.15, 0.2) is 0 Å². The molecule has 1 saturated heterocycles. The molecule has 1 aliphatic heterocycles. The lowest BCUT2D eigenvalue weighted by molar-refractivity contribution is -0.123. The molecule has 3 amide bonds. The van der Waals surface area contributed by atoms with Crippen molar-refractivity contribution < 1.29 is 14.4 Å². The van der Waals surface area contributed by atoms with Crippen molar-refractivity contribution in [3.63, 3.8) is 0 Å². The van der Waals surface area contributed by atoms with Gasteiger partial charge in [0.25, 0.3) is 5.91 Å². The summed E-state index contributed by atoms with van der Waals surface area (Å²) in [4.78, 5) is 40.1. The van der Waals surface area contributed by atoms with Crippen LogP contribution in [0.25, 0.3) is 0 Å². The van der Waals surface area contributed by atoms with Crippen LogP contribution in [0.2, 0.25) is 0 Å². The Hall–Kier alpha value is -3.21. The molecule has 2 fully saturated rings. The molecule has 29 heavy (non-hydrogen) atoms. The molecule has 5 nitrogen and oxygen atoms in total. The van der Waals surface area contributed by atoms with Gasteiger partial charge in [-0.25, -0.2) is 4.90 Å². The zero-order valence-electron chi connectivity index (χ0n) is 16.2. The number of rotatable bonds is 4. The van der Waals surface area contributed by atoms with Crippen LogP contribution in [-0.4, -0.2) is 17.7 Å². The number of amides is 3. The number of anilines is 2. The van der Waals surface area contributed by atoms with Crippen LogP contribution in [0.3, 0.4) is 0 Å². The summed E-state index contributed by atoms with van der Waals surface area (Å²) in [6, 6.07) is 14.5. The quantitative estimate of drug-likeness (QED) is 0.642. The van der Waals surface area contributed by atoms with Crippen LogP contribution >= 0.6 is 0 Å². The fraction of sp³-hybridized carbons (Fsp3) is 0.292.